The van der Waals surface area contributed by atoms with Crippen molar-refractivity contribution in [2.24, 2.45) is 17.1 Å². The van der Waals surface area contributed by atoms with Crippen LogP contribution in [0.2, 0.25) is 0 Å². The molecule has 0 saturated heterocycles. The summed E-state index contributed by atoms with van der Waals surface area (Å²) in [5, 5.41) is 3.23. The summed E-state index contributed by atoms with van der Waals surface area (Å²) in [6.07, 6.45) is 10.1. The van der Waals surface area contributed by atoms with Crippen molar-refractivity contribution < 1.29 is 9.53 Å². The number of ether oxygens (including phenoxy) is 1. The molecule has 0 aromatic carbocycles. The van der Waals surface area contributed by atoms with E-state index in [2.05, 4.69) is 5.32 Å². The van der Waals surface area contributed by atoms with E-state index in [0.29, 0.717) is 0 Å². The Morgan fingerprint density at radius 2 is 2.05 bits per heavy atom. The summed E-state index contributed by atoms with van der Waals surface area (Å²) in [4.78, 5) is 12.4. The summed E-state index contributed by atoms with van der Waals surface area (Å²) in [7, 11) is 0. The molecule has 0 radical (unpaired) electrons. The first kappa shape index (κ1) is 16.8. The van der Waals surface area contributed by atoms with Gasteiger partial charge in [0.2, 0.25) is 5.91 Å². The quantitative estimate of drug-likeness (QED) is 0.710. The summed E-state index contributed by atoms with van der Waals surface area (Å²) in [5.41, 5.74) is 6.27. The van der Waals surface area contributed by atoms with E-state index in [1.807, 2.05) is 6.92 Å². The molecule has 2 unspecified atom stereocenters. The molecular formula is C17H32N2O2. The third-order valence-electron chi connectivity index (χ3n) is 5.37. The maximum Gasteiger partial charge on any atom is 0.223 e. The molecule has 0 aromatic heterocycles. The number of carbonyl (C=O) groups is 1. The van der Waals surface area contributed by atoms with Crippen LogP contribution in [0.25, 0.3) is 0 Å². The van der Waals surface area contributed by atoms with Crippen LogP contribution in [0.5, 0.6) is 0 Å². The number of nitrogens with two attached hydrogens (primary N) is 1. The lowest BCUT2D eigenvalue weighted by atomic mass is 9.82. The number of hydrogen-bond donors (Lipinski definition) is 2. The molecule has 21 heavy (non-hydrogen) atoms. The summed E-state index contributed by atoms with van der Waals surface area (Å²) in [6.45, 7) is 4.46. The third-order valence-corrected chi connectivity index (χ3v) is 5.37. The van der Waals surface area contributed by atoms with Crippen LogP contribution >= 0.6 is 0 Å². The molecule has 4 heteroatoms. The average Bonchev–Trinajstić information content (AvgIpc) is 2.94. The zero-order valence-corrected chi connectivity index (χ0v) is 13.5. The molecule has 0 aromatic rings. The number of nitrogens with one attached hydrogen (secondary N) is 1. The normalized spacial score (nSPS) is 28.5. The van der Waals surface area contributed by atoms with Gasteiger partial charge in [-0.1, -0.05) is 19.3 Å². The fourth-order valence-electron chi connectivity index (χ4n) is 3.96. The molecule has 2 saturated carbocycles. The molecule has 2 fully saturated rings. The summed E-state index contributed by atoms with van der Waals surface area (Å²) in [6, 6.07) is 0.216. The predicted octanol–water partition coefficient (Wildman–Crippen LogP) is 2.61. The minimum Gasteiger partial charge on any atom is -0.382 e. The van der Waals surface area contributed by atoms with Crippen molar-refractivity contribution in [2.45, 2.75) is 70.8 Å². The smallest absolute Gasteiger partial charge is 0.223 e. The standard InChI is InChI=1S/C17H32N2O2/c1-2-21-11-10-17(8-3-4-9-17)13-19-16(20)14-6-5-7-15(18)12-14/h14-15H,2-13,18H2,1H3,(H,19,20). The van der Waals surface area contributed by atoms with Crippen LogP contribution in [0.15, 0.2) is 0 Å². The average molecular weight is 296 g/mol. The van der Waals surface area contributed by atoms with Gasteiger partial charge in [-0.2, -0.15) is 0 Å². The second-order valence-electron chi connectivity index (χ2n) is 7.00. The van der Waals surface area contributed by atoms with Gasteiger partial charge in [-0.05, 0) is 50.9 Å². The first-order chi connectivity index (χ1) is 10.2. The Balaban J connectivity index is 1.79. The first-order valence-corrected chi connectivity index (χ1v) is 8.76. The Hall–Kier alpha value is -0.610. The fourth-order valence-corrected chi connectivity index (χ4v) is 3.96. The molecule has 2 aliphatic carbocycles. The van der Waals surface area contributed by atoms with E-state index >= 15 is 0 Å². The van der Waals surface area contributed by atoms with E-state index in [-0.39, 0.29) is 23.3 Å². The maximum atomic E-state index is 12.4. The summed E-state index contributed by atoms with van der Waals surface area (Å²) >= 11 is 0. The van der Waals surface area contributed by atoms with Crippen molar-refractivity contribution in [2.75, 3.05) is 19.8 Å². The van der Waals surface area contributed by atoms with Crippen molar-refractivity contribution in [1.82, 2.24) is 5.32 Å². The Morgan fingerprint density at radius 1 is 1.29 bits per heavy atom. The van der Waals surface area contributed by atoms with Gasteiger partial charge in [0.25, 0.3) is 0 Å². The van der Waals surface area contributed by atoms with Crippen molar-refractivity contribution in [3.8, 4) is 0 Å². The largest absolute Gasteiger partial charge is 0.382 e. The van der Waals surface area contributed by atoms with Gasteiger partial charge in [0.05, 0.1) is 0 Å². The van der Waals surface area contributed by atoms with Crippen molar-refractivity contribution in [3.63, 3.8) is 0 Å². The molecule has 0 heterocycles. The molecule has 2 rings (SSSR count). The van der Waals surface area contributed by atoms with Crippen molar-refractivity contribution in [1.29, 1.82) is 0 Å². The fraction of sp³-hybridized carbons (Fsp3) is 0.941. The van der Waals surface area contributed by atoms with Gasteiger partial charge < -0.3 is 15.8 Å². The van der Waals surface area contributed by atoms with E-state index in [1.54, 1.807) is 0 Å². The molecule has 0 bridgehead atoms. The minimum atomic E-state index is 0.138. The molecule has 1 amide bonds. The topological polar surface area (TPSA) is 64.3 Å². The number of amides is 1. The second kappa shape index (κ2) is 8.14. The highest BCUT2D eigenvalue weighted by Gasteiger charge is 2.35. The van der Waals surface area contributed by atoms with E-state index in [9.17, 15) is 4.79 Å². The lowest BCUT2D eigenvalue weighted by molar-refractivity contribution is -0.126. The SMILES string of the molecule is CCOCCC1(CNC(=O)C2CCCC(N)C2)CCCC1. The van der Waals surface area contributed by atoms with Crippen LogP contribution in [0.4, 0.5) is 0 Å². The minimum absolute atomic E-state index is 0.138. The van der Waals surface area contributed by atoms with Gasteiger partial charge in [0, 0.05) is 31.7 Å². The molecular weight excluding hydrogens is 264 g/mol. The summed E-state index contributed by atoms with van der Waals surface area (Å²) < 4.78 is 5.53. The number of carbonyl (C=O) groups excluding carboxylic acids is 1. The highest BCUT2D eigenvalue weighted by Crippen LogP contribution is 2.40. The lowest BCUT2D eigenvalue weighted by Gasteiger charge is -2.31. The lowest BCUT2D eigenvalue weighted by Crippen LogP contribution is -2.42. The van der Waals surface area contributed by atoms with Crippen molar-refractivity contribution >= 4 is 5.91 Å². The van der Waals surface area contributed by atoms with E-state index in [1.165, 1.54) is 25.7 Å². The molecule has 3 N–H and O–H groups in total. The third kappa shape index (κ3) is 4.96. The highest BCUT2D eigenvalue weighted by molar-refractivity contribution is 5.78. The number of rotatable bonds is 7. The Bertz CT molecular complexity index is 327. The van der Waals surface area contributed by atoms with Gasteiger partial charge in [0.1, 0.15) is 0 Å². The monoisotopic (exact) mass is 296 g/mol. The molecule has 122 valence electrons. The number of hydrogen-bond acceptors (Lipinski definition) is 3. The Kier molecular flexibility index (Phi) is 6.49. The van der Waals surface area contributed by atoms with Crippen LogP contribution in [-0.4, -0.2) is 31.7 Å². The van der Waals surface area contributed by atoms with Crippen LogP contribution in [0.3, 0.4) is 0 Å². The Morgan fingerprint density at radius 3 is 2.71 bits per heavy atom. The first-order valence-electron chi connectivity index (χ1n) is 8.76. The maximum absolute atomic E-state index is 12.4. The summed E-state index contributed by atoms with van der Waals surface area (Å²) in [5.74, 6) is 0.368. The van der Waals surface area contributed by atoms with Crippen LogP contribution in [0, 0.1) is 11.3 Å². The van der Waals surface area contributed by atoms with E-state index < -0.39 is 0 Å². The Labute approximate surface area is 129 Å². The highest BCUT2D eigenvalue weighted by atomic mass is 16.5. The van der Waals surface area contributed by atoms with Gasteiger partial charge >= 0.3 is 0 Å². The van der Waals surface area contributed by atoms with Gasteiger partial charge in [-0.25, -0.2) is 0 Å². The van der Waals surface area contributed by atoms with E-state index in [4.69, 9.17) is 10.5 Å². The molecule has 0 aliphatic heterocycles. The molecule has 0 spiro atoms. The van der Waals surface area contributed by atoms with Gasteiger partial charge in [-0.3, -0.25) is 4.79 Å². The molecule has 2 aliphatic rings. The predicted molar refractivity (Wildman–Crippen MR) is 85.0 cm³/mol. The van der Waals surface area contributed by atoms with Crippen LogP contribution in [-0.2, 0) is 9.53 Å². The molecule has 4 nitrogen and oxygen atoms in total. The molecule has 2 atom stereocenters. The van der Waals surface area contributed by atoms with Gasteiger partial charge in [0.15, 0.2) is 0 Å². The van der Waals surface area contributed by atoms with Crippen molar-refractivity contribution in [3.05, 3.63) is 0 Å². The second-order valence-corrected chi connectivity index (χ2v) is 7.00. The zero-order chi connectivity index (χ0) is 15.1. The van der Waals surface area contributed by atoms with E-state index in [0.717, 1.165) is 51.9 Å². The van der Waals surface area contributed by atoms with Crippen LogP contribution < -0.4 is 11.1 Å². The zero-order valence-electron chi connectivity index (χ0n) is 13.5. The van der Waals surface area contributed by atoms with Gasteiger partial charge in [-0.15, -0.1) is 0 Å². The van der Waals surface area contributed by atoms with Crippen LogP contribution in [0.1, 0.15) is 64.7 Å².